The summed E-state index contributed by atoms with van der Waals surface area (Å²) >= 11 is 1.71. The summed E-state index contributed by atoms with van der Waals surface area (Å²) in [6.07, 6.45) is 2.08. The van der Waals surface area contributed by atoms with Crippen LogP contribution in [0.2, 0.25) is 0 Å². The molecule has 0 aromatic carbocycles. The van der Waals surface area contributed by atoms with Crippen LogP contribution in [0.1, 0.15) is 24.6 Å². The first kappa shape index (κ1) is 14.5. The highest BCUT2D eigenvalue weighted by Gasteiger charge is 2.25. The summed E-state index contributed by atoms with van der Waals surface area (Å²) < 4.78 is 0. The highest BCUT2D eigenvalue weighted by atomic mass is 32.1. The summed E-state index contributed by atoms with van der Waals surface area (Å²) in [6.45, 7) is 7.22. The molecule has 0 spiro atoms. The number of aromatic nitrogens is 2. The van der Waals surface area contributed by atoms with Crippen LogP contribution in [0.25, 0.3) is 10.2 Å². The van der Waals surface area contributed by atoms with Gasteiger partial charge in [0.2, 0.25) is 5.95 Å². The lowest BCUT2D eigenvalue weighted by Crippen LogP contribution is -2.22. The number of nitrogens with one attached hydrogen (secondary N) is 1. The van der Waals surface area contributed by atoms with Crippen molar-refractivity contribution < 1.29 is 5.11 Å². The Kier molecular flexibility index (Phi) is 4.26. The van der Waals surface area contributed by atoms with Crippen LogP contribution in [0.4, 0.5) is 11.8 Å². The van der Waals surface area contributed by atoms with Crippen molar-refractivity contribution >= 4 is 33.3 Å². The van der Waals surface area contributed by atoms with Crippen LogP contribution in [0.3, 0.4) is 0 Å². The molecule has 5 nitrogen and oxygen atoms in total. The fraction of sp³-hybridized carbons (Fsp3) is 0.600. The van der Waals surface area contributed by atoms with Crippen molar-refractivity contribution in [1.29, 1.82) is 0 Å². The molecular formula is C15H22N4OS. The first-order valence-corrected chi connectivity index (χ1v) is 8.40. The average Bonchev–Trinajstić information content (AvgIpc) is 3.09. The molecule has 21 heavy (non-hydrogen) atoms. The van der Waals surface area contributed by atoms with Gasteiger partial charge in [-0.3, -0.25) is 0 Å². The van der Waals surface area contributed by atoms with E-state index in [9.17, 15) is 5.11 Å². The van der Waals surface area contributed by atoms with E-state index in [4.69, 9.17) is 4.98 Å². The number of fused-ring (bicyclic) bond motifs is 1. The Hall–Kier alpha value is -1.40. The summed E-state index contributed by atoms with van der Waals surface area (Å²) in [5, 5.41) is 13.8. The van der Waals surface area contributed by atoms with E-state index < -0.39 is 0 Å². The Labute approximate surface area is 129 Å². The highest BCUT2D eigenvalue weighted by molar-refractivity contribution is 7.18. The van der Waals surface area contributed by atoms with Crippen molar-refractivity contribution in [3.05, 3.63) is 10.9 Å². The molecule has 0 radical (unpaired) electrons. The Morgan fingerprint density at radius 2 is 2.33 bits per heavy atom. The van der Waals surface area contributed by atoms with Gasteiger partial charge in [0.05, 0.1) is 5.39 Å². The molecule has 1 aliphatic heterocycles. The van der Waals surface area contributed by atoms with Crippen molar-refractivity contribution in [2.24, 2.45) is 5.92 Å². The lowest BCUT2D eigenvalue weighted by Gasteiger charge is -2.19. The molecule has 2 N–H and O–H groups in total. The van der Waals surface area contributed by atoms with Gasteiger partial charge in [0.1, 0.15) is 10.6 Å². The van der Waals surface area contributed by atoms with Crippen LogP contribution in [-0.4, -0.2) is 41.3 Å². The van der Waals surface area contributed by atoms with Gasteiger partial charge in [0, 0.05) is 37.0 Å². The van der Waals surface area contributed by atoms with Crippen LogP contribution in [0, 0.1) is 12.8 Å². The molecule has 0 bridgehead atoms. The highest BCUT2D eigenvalue weighted by Crippen LogP contribution is 2.34. The standard InChI is InChI=1S/C15H22N4OS/c1-3-5-16-15-17-13(19-6-4-11(8-19)9-20)12-7-10(2)21-14(12)18-15/h7,11,20H,3-6,8-9H2,1-2H3,(H,16,17,18). The van der Waals surface area contributed by atoms with Crippen LogP contribution < -0.4 is 10.2 Å². The third-order valence-electron chi connectivity index (χ3n) is 3.87. The monoisotopic (exact) mass is 306 g/mol. The van der Waals surface area contributed by atoms with E-state index in [0.717, 1.165) is 48.5 Å². The number of hydrogen-bond acceptors (Lipinski definition) is 6. The minimum Gasteiger partial charge on any atom is -0.396 e. The van der Waals surface area contributed by atoms with Crippen LogP contribution in [0.15, 0.2) is 6.07 Å². The summed E-state index contributed by atoms with van der Waals surface area (Å²) in [6, 6.07) is 2.17. The van der Waals surface area contributed by atoms with Gasteiger partial charge in [0.15, 0.2) is 0 Å². The van der Waals surface area contributed by atoms with E-state index >= 15 is 0 Å². The van der Waals surface area contributed by atoms with E-state index in [2.05, 4.69) is 35.1 Å². The predicted octanol–water partition coefficient (Wildman–Crippen LogP) is 2.64. The van der Waals surface area contributed by atoms with Crippen LogP contribution >= 0.6 is 11.3 Å². The molecule has 1 saturated heterocycles. The SMILES string of the molecule is CCCNc1nc(N2CCC(CO)C2)c2cc(C)sc2n1. The van der Waals surface area contributed by atoms with Crippen molar-refractivity contribution in [2.75, 3.05) is 36.5 Å². The van der Waals surface area contributed by atoms with Gasteiger partial charge in [-0.25, -0.2) is 4.98 Å². The minimum absolute atomic E-state index is 0.258. The molecule has 114 valence electrons. The van der Waals surface area contributed by atoms with Gasteiger partial charge in [-0.15, -0.1) is 11.3 Å². The Bertz CT molecular complexity index is 627. The van der Waals surface area contributed by atoms with Gasteiger partial charge < -0.3 is 15.3 Å². The van der Waals surface area contributed by atoms with Crippen molar-refractivity contribution in [3.8, 4) is 0 Å². The van der Waals surface area contributed by atoms with Gasteiger partial charge in [-0.2, -0.15) is 4.98 Å². The summed E-state index contributed by atoms with van der Waals surface area (Å²) in [7, 11) is 0. The quantitative estimate of drug-likeness (QED) is 0.889. The predicted molar refractivity (Wildman–Crippen MR) is 88.3 cm³/mol. The summed E-state index contributed by atoms with van der Waals surface area (Å²) in [5.74, 6) is 2.09. The summed E-state index contributed by atoms with van der Waals surface area (Å²) in [5.41, 5.74) is 0. The van der Waals surface area contributed by atoms with Crippen LogP contribution in [-0.2, 0) is 0 Å². The Balaban J connectivity index is 1.98. The molecular weight excluding hydrogens is 284 g/mol. The maximum Gasteiger partial charge on any atom is 0.226 e. The number of hydrogen-bond donors (Lipinski definition) is 2. The third kappa shape index (κ3) is 2.96. The number of thiophene rings is 1. The Morgan fingerprint density at radius 1 is 1.48 bits per heavy atom. The minimum atomic E-state index is 0.258. The molecule has 3 heterocycles. The largest absolute Gasteiger partial charge is 0.396 e. The number of rotatable bonds is 5. The summed E-state index contributed by atoms with van der Waals surface area (Å²) in [4.78, 5) is 13.9. The van der Waals surface area contributed by atoms with E-state index in [1.807, 2.05) is 0 Å². The molecule has 0 saturated carbocycles. The van der Waals surface area contributed by atoms with E-state index in [0.29, 0.717) is 11.9 Å². The van der Waals surface area contributed by atoms with Crippen molar-refractivity contribution in [3.63, 3.8) is 0 Å². The molecule has 1 fully saturated rings. The topological polar surface area (TPSA) is 61.3 Å². The number of aliphatic hydroxyl groups is 1. The zero-order valence-corrected chi connectivity index (χ0v) is 13.4. The number of aryl methyl sites for hydroxylation is 1. The van der Waals surface area contributed by atoms with E-state index in [1.54, 1.807) is 11.3 Å². The molecule has 2 aromatic heterocycles. The zero-order valence-electron chi connectivity index (χ0n) is 12.6. The van der Waals surface area contributed by atoms with Crippen LogP contribution in [0.5, 0.6) is 0 Å². The molecule has 2 aromatic rings. The molecule has 3 rings (SSSR count). The first-order valence-electron chi connectivity index (χ1n) is 7.59. The van der Waals surface area contributed by atoms with Gasteiger partial charge in [0.25, 0.3) is 0 Å². The zero-order chi connectivity index (χ0) is 14.8. The van der Waals surface area contributed by atoms with Crippen molar-refractivity contribution in [2.45, 2.75) is 26.7 Å². The first-order chi connectivity index (χ1) is 10.2. The number of nitrogens with zero attached hydrogens (tertiary/aromatic N) is 3. The van der Waals surface area contributed by atoms with Gasteiger partial charge >= 0.3 is 0 Å². The average molecular weight is 306 g/mol. The Morgan fingerprint density at radius 3 is 3.05 bits per heavy atom. The lowest BCUT2D eigenvalue weighted by atomic mass is 10.1. The molecule has 1 unspecified atom stereocenters. The van der Waals surface area contributed by atoms with Gasteiger partial charge in [-0.05, 0) is 25.8 Å². The maximum atomic E-state index is 9.35. The number of anilines is 2. The second-order valence-electron chi connectivity index (χ2n) is 5.66. The number of aliphatic hydroxyl groups excluding tert-OH is 1. The van der Waals surface area contributed by atoms with Gasteiger partial charge in [-0.1, -0.05) is 6.92 Å². The maximum absolute atomic E-state index is 9.35. The second kappa shape index (κ2) is 6.15. The van der Waals surface area contributed by atoms with Crippen molar-refractivity contribution in [1.82, 2.24) is 9.97 Å². The fourth-order valence-electron chi connectivity index (χ4n) is 2.76. The fourth-order valence-corrected chi connectivity index (χ4v) is 3.63. The molecule has 6 heteroatoms. The normalized spacial score (nSPS) is 18.6. The molecule has 0 aliphatic carbocycles. The molecule has 0 amide bonds. The lowest BCUT2D eigenvalue weighted by molar-refractivity contribution is 0.238. The van der Waals surface area contributed by atoms with E-state index in [-0.39, 0.29) is 6.61 Å². The smallest absolute Gasteiger partial charge is 0.226 e. The molecule has 1 atom stereocenters. The second-order valence-corrected chi connectivity index (χ2v) is 6.89. The molecule has 1 aliphatic rings. The van der Waals surface area contributed by atoms with E-state index in [1.165, 1.54) is 4.88 Å². The third-order valence-corrected chi connectivity index (χ3v) is 4.82.